The van der Waals surface area contributed by atoms with Crippen molar-refractivity contribution in [3.8, 4) is 5.75 Å². The fourth-order valence-corrected chi connectivity index (χ4v) is 2.22. The third-order valence-corrected chi connectivity index (χ3v) is 3.31. The van der Waals surface area contributed by atoms with Crippen LogP contribution in [0.5, 0.6) is 5.75 Å². The molecule has 21 heavy (non-hydrogen) atoms. The second-order valence-electron chi connectivity index (χ2n) is 4.23. The first-order valence-corrected chi connectivity index (χ1v) is 6.75. The number of benzene rings is 2. The fourth-order valence-electron chi connectivity index (χ4n) is 1.82. The zero-order valence-corrected chi connectivity index (χ0v) is 12.3. The van der Waals surface area contributed by atoms with Crippen LogP contribution in [0.15, 0.2) is 40.9 Å². The molecule has 0 atom stereocenters. The maximum atomic E-state index is 13.2. The van der Waals surface area contributed by atoms with Crippen molar-refractivity contribution in [3.05, 3.63) is 67.9 Å². The Bertz CT molecular complexity index is 678. The number of nitrogens with zero attached hydrogens (tertiary/aromatic N) is 1. The molecule has 2 aromatic carbocycles. The van der Waals surface area contributed by atoms with Gasteiger partial charge in [-0.2, -0.15) is 0 Å². The number of ether oxygens (including phenoxy) is 1. The van der Waals surface area contributed by atoms with E-state index in [4.69, 9.17) is 4.74 Å². The summed E-state index contributed by atoms with van der Waals surface area (Å²) in [7, 11) is 0. The van der Waals surface area contributed by atoms with Gasteiger partial charge in [0.25, 0.3) is 5.69 Å². The van der Waals surface area contributed by atoms with Crippen molar-refractivity contribution in [2.45, 2.75) is 13.2 Å². The Hall–Kier alpha value is -1.99. The molecule has 0 unspecified atom stereocenters. The van der Waals surface area contributed by atoms with Crippen molar-refractivity contribution in [1.29, 1.82) is 0 Å². The van der Waals surface area contributed by atoms with Crippen LogP contribution < -0.4 is 4.74 Å². The molecule has 0 radical (unpaired) electrons. The summed E-state index contributed by atoms with van der Waals surface area (Å²) in [6, 6.07) is 8.21. The maximum absolute atomic E-state index is 13.2. The zero-order valence-electron chi connectivity index (χ0n) is 10.8. The van der Waals surface area contributed by atoms with Gasteiger partial charge in [-0.3, -0.25) is 10.1 Å². The number of hydrogen-bond donors (Lipinski definition) is 1. The molecule has 0 aliphatic carbocycles. The molecule has 0 amide bonds. The van der Waals surface area contributed by atoms with Gasteiger partial charge in [-0.1, -0.05) is 15.9 Å². The second-order valence-corrected chi connectivity index (χ2v) is 5.14. The van der Waals surface area contributed by atoms with E-state index < -0.39 is 10.7 Å². The van der Waals surface area contributed by atoms with Gasteiger partial charge in [0.15, 0.2) is 0 Å². The number of aliphatic hydroxyl groups is 1. The van der Waals surface area contributed by atoms with E-state index in [9.17, 15) is 19.6 Å². The summed E-state index contributed by atoms with van der Waals surface area (Å²) in [6.45, 7) is -0.400. The van der Waals surface area contributed by atoms with Crippen molar-refractivity contribution in [2.24, 2.45) is 0 Å². The Labute approximate surface area is 128 Å². The minimum atomic E-state index is -0.591. The average molecular weight is 356 g/mol. The molecule has 110 valence electrons. The maximum Gasteiger partial charge on any atom is 0.276 e. The number of nitro groups is 1. The minimum Gasteiger partial charge on any atom is -0.488 e. The summed E-state index contributed by atoms with van der Waals surface area (Å²) in [6.07, 6.45) is 0. The molecule has 1 N–H and O–H groups in total. The molecule has 0 fully saturated rings. The van der Waals surface area contributed by atoms with Gasteiger partial charge in [-0.05, 0) is 30.3 Å². The van der Waals surface area contributed by atoms with Crippen LogP contribution in [0.4, 0.5) is 10.1 Å². The minimum absolute atomic E-state index is 0.131. The van der Waals surface area contributed by atoms with Crippen LogP contribution in [0.25, 0.3) is 0 Å². The number of halogens is 2. The van der Waals surface area contributed by atoms with Crippen LogP contribution in [-0.4, -0.2) is 10.0 Å². The fraction of sp³-hybridized carbons (Fsp3) is 0.143. The van der Waals surface area contributed by atoms with E-state index in [1.165, 1.54) is 0 Å². The summed E-state index contributed by atoms with van der Waals surface area (Å²) < 4.78 is 19.4. The van der Waals surface area contributed by atoms with E-state index >= 15 is 0 Å². The monoisotopic (exact) mass is 355 g/mol. The molecular weight excluding hydrogens is 345 g/mol. The number of rotatable bonds is 5. The first-order chi connectivity index (χ1) is 10.0. The number of hydrogen-bond acceptors (Lipinski definition) is 4. The van der Waals surface area contributed by atoms with Crippen molar-refractivity contribution in [3.63, 3.8) is 0 Å². The van der Waals surface area contributed by atoms with E-state index in [2.05, 4.69) is 15.9 Å². The van der Waals surface area contributed by atoms with E-state index in [1.54, 1.807) is 18.2 Å². The van der Waals surface area contributed by atoms with Gasteiger partial charge in [0.05, 0.1) is 17.1 Å². The molecule has 0 aliphatic rings. The molecule has 2 rings (SSSR count). The quantitative estimate of drug-likeness (QED) is 0.657. The highest BCUT2D eigenvalue weighted by atomic mass is 79.9. The van der Waals surface area contributed by atoms with E-state index in [0.717, 1.165) is 22.7 Å². The predicted octanol–water partition coefficient (Wildman–Crippen LogP) is 3.57. The molecule has 0 spiro atoms. The van der Waals surface area contributed by atoms with Crippen molar-refractivity contribution >= 4 is 21.6 Å². The van der Waals surface area contributed by atoms with Crippen LogP contribution >= 0.6 is 15.9 Å². The highest BCUT2D eigenvalue weighted by Gasteiger charge is 2.15. The van der Waals surface area contributed by atoms with Gasteiger partial charge in [-0.25, -0.2) is 4.39 Å². The highest BCUT2D eigenvalue weighted by molar-refractivity contribution is 9.10. The van der Waals surface area contributed by atoms with E-state index in [1.807, 2.05) is 0 Å². The van der Waals surface area contributed by atoms with Crippen LogP contribution in [0.3, 0.4) is 0 Å². The molecule has 0 aliphatic heterocycles. The summed E-state index contributed by atoms with van der Waals surface area (Å²) >= 11 is 3.27. The van der Waals surface area contributed by atoms with Crippen LogP contribution in [-0.2, 0) is 13.2 Å². The average Bonchev–Trinajstić information content (AvgIpc) is 2.45. The lowest BCUT2D eigenvalue weighted by Gasteiger charge is -2.11. The first-order valence-electron chi connectivity index (χ1n) is 5.96. The normalized spacial score (nSPS) is 10.4. The Morgan fingerprint density at radius 2 is 2.00 bits per heavy atom. The van der Waals surface area contributed by atoms with Gasteiger partial charge in [0.1, 0.15) is 18.2 Å². The Kier molecular flexibility index (Phi) is 4.87. The molecular formula is C14H11BrFNO4. The zero-order chi connectivity index (χ0) is 15.4. The number of aliphatic hydroxyl groups excluding tert-OH is 1. The summed E-state index contributed by atoms with van der Waals surface area (Å²) in [5.74, 6) is -0.184. The molecule has 5 nitrogen and oxygen atoms in total. The highest BCUT2D eigenvalue weighted by Crippen LogP contribution is 2.26. The van der Waals surface area contributed by atoms with E-state index in [0.29, 0.717) is 11.3 Å². The Morgan fingerprint density at radius 1 is 1.24 bits per heavy atom. The SMILES string of the molecule is O=[N+]([O-])c1ccc(F)cc1COc1ccc(Br)cc1CO. The molecule has 0 saturated carbocycles. The Morgan fingerprint density at radius 3 is 2.67 bits per heavy atom. The topological polar surface area (TPSA) is 72.6 Å². The molecule has 2 aromatic rings. The predicted molar refractivity (Wildman–Crippen MR) is 77.5 cm³/mol. The van der Waals surface area contributed by atoms with Gasteiger partial charge >= 0.3 is 0 Å². The van der Waals surface area contributed by atoms with Crippen molar-refractivity contribution in [1.82, 2.24) is 0 Å². The lowest BCUT2D eigenvalue weighted by Crippen LogP contribution is -2.03. The van der Waals surface area contributed by atoms with Gasteiger partial charge in [-0.15, -0.1) is 0 Å². The number of nitro benzene ring substituents is 1. The molecule has 0 heterocycles. The smallest absolute Gasteiger partial charge is 0.276 e. The summed E-state index contributed by atoms with van der Waals surface area (Å²) in [5, 5.41) is 20.2. The second kappa shape index (κ2) is 6.64. The van der Waals surface area contributed by atoms with Gasteiger partial charge < -0.3 is 9.84 Å². The van der Waals surface area contributed by atoms with Crippen molar-refractivity contribution < 1.29 is 19.2 Å². The van der Waals surface area contributed by atoms with Gasteiger partial charge in [0.2, 0.25) is 0 Å². The molecule has 7 heteroatoms. The lowest BCUT2D eigenvalue weighted by atomic mass is 10.2. The van der Waals surface area contributed by atoms with Gasteiger partial charge in [0, 0.05) is 16.1 Å². The molecule has 0 aromatic heterocycles. The van der Waals surface area contributed by atoms with Crippen LogP contribution in [0.1, 0.15) is 11.1 Å². The molecule has 0 saturated heterocycles. The van der Waals surface area contributed by atoms with Crippen LogP contribution in [0.2, 0.25) is 0 Å². The standard InChI is InChI=1S/C14H11BrFNO4/c15-11-1-4-14(9(5-11)7-18)21-8-10-6-12(16)2-3-13(10)17(19)20/h1-6,18H,7-8H2. The summed E-state index contributed by atoms with van der Waals surface area (Å²) in [5.41, 5.74) is 0.453. The third kappa shape index (κ3) is 3.77. The van der Waals surface area contributed by atoms with Crippen LogP contribution in [0, 0.1) is 15.9 Å². The largest absolute Gasteiger partial charge is 0.488 e. The Balaban J connectivity index is 2.24. The summed E-state index contributed by atoms with van der Waals surface area (Å²) in [4.78, 5) is 10.3. The van der Waals surface area contributed by atoms with Crippen molar-refractivity contribution in [2.75, 3.05) is 0 Å². The lowest BCUT2D eigenvalue weighted by molar-refractivity contribution is -0.385. The first kappa shape index (κ1) is 15.4. The molecule has 0 bridgehead atoms. The third-order valence-electron chi connectivity index (χ3n) is 2.81. The van der Waals surface area contributed by atoms with E-state index in [-0.39, 0.29) is 24.5 Å².